The van der Waals surface area contributed by atoms with Crippen molar-refractivity contribution in [3.05, 3.63) is 94.8 Å². The fourth-order valence-corrected chi connectivity index (χ4v) is 3.69. The van der Waals surface area contributed by atoms with Crippen LogP contribution in [0.25, 0.3) is 22.1 Å². The van der Waals surface area contributed by atoms with Gasteiger partial charge in [0.2, 0.25) is 0 Å². The van der Waals surface area contributed by atoms with Crippen LogP contribution < -0.4 is 15.7 Å². The Hall–Kier alpha value is -4.59. The van der Waals surface area contributed by atoms with E-state index in [1.165, 1.54) is 31.2 Å². The predicted octanol–water partition coefficient (Wildman–Crippen LogP) is 3.75. The maximum absolute atomic E-state index is 12.7. The Morgan fingerprint density at radius 3 is 2.40 bits per heavy atom. The molecule has 4 rings (SSSR count). The van der Waals surface area contributed by atoms with Gasteiger partial charge in [-0.25, -0.2) is 9.59 Å². The summed E-state index contributed by atoms with van der Waals surface area (Å²) in [4.78, 5) is 36.5. The van der Waals surface area contributed by atoms with E-state index < -0.39 is 29.6 Å². The Morgan fingerprint density at radius 2 is 1.71 bits per heavy atom. The summed E-state index contributed by atoms with van der Waals surface area (Å²) in [6.45, 7) is 1.50. The number of carboxylic acid groups (broad SMARTS) is 1. The molecule has 178 valence electrons. The molecule has 0 aliphatic carbocycles. The number of ether oxygens (including phenoxy) is 1. The average molecular weight is 473 g/mol. The van der Waals surface area contributed by atoms with E-state index in [0.29, 0.717) is 27.8 Å². The molecular weight excluding hydrogens is 450 g/mol. The van der Waals surface area contributed by atoms with Gasteiger partial charge in [-0.1, -0.05) is 42.5 Å². The molecule has 3 aromatic carbocycles. The van der Waals surface area contributed by atoms with Crippen LogP contribution in [-0.2, 0) is 16.0 Å². The number of hydrogen-bond donors (Lipinski definition) is 3. The van der Waals surface area contributed by atoms with Crippen molar-refractivity contribution in [3.63, 3.8) is 0 Å². The highest BCUT2D eigenvalue weighted by atomic mass is 16.5. The van der Waals surface area contributed by atoms with E-state index >= 15 is 0 Å². The molecule has 0 aliphatic rings. The van der Waals surface area contributed by atoms with E-state index in [2.05, 4.69) is 5.32 Å². The number of carbonyl (C=O) groups is 2. The van der Waals surface area contributed by atoms with Crippen LogP contribution in [0, 0.1) is 0 Å². The molecule has 2 atom stereocenters. The topological polar surface area (TPSA) is 126 Å². The van der Waals surface area contributed by atoms with E-state index in [1.807, 2.05) is 30.3 Å². The van der Waals surface area contributed by atoms with Crippen molar-refractivity contribution >= 4 is 22.8 Å². The molecule has 0 spiro atoms. The van der Waals surface area contributed by atoms with Gasteiger partial charge in [-0.15, -0.1) is 0 Å². The fourth-order valence-electron chi connectivity index (χ4n) is 3.69. The summed E-state index contributed by atoms with van der Waals surface area (Å²) in [7, 11) is 0. The zero-order valence-electron chi connectivity index (χ0n) is 18.8. The lowest BCUT2D eigenvalue weighted by atomic mass is 10.0. The van der Waals surface area contributed by atoms with Crippen molar-refractivity contribution in [2.24, 2.45) is 0 Å². The summed E-state index contributed by atoms with van der Waals surface area (Å²) in [6, 6.07) is 20.7. The van der Waals surface area contributed by atoms with Crippen molar-refractivity contribution < 1.29 is 29.0 Å². The van der Waals surface area contributed by atoms with Gasteiger partial charge in [-0.05, 0) is 47.9 Å². The van der Waals surface area contributed by atoms with E-state index in [-0.39, 0.29) is 12.2 Å². The van der Waals surface area contributed by atoms with E-state index in [4.69, 9.17) is 9.15 Å². The summed E-state index contributed by atoms with van der Waals surface area (Å²) < 4.78 is 11.1. The first-order valence-corrected chi connectivity index (χ1v) is 10.9. The summed E-state index contributed by atoms with van der Waals surface area (Å²) in [5, 5.41) is 22.1. The molecule has 8 nitrogen and oxygen atoms in total. The van der Waals surface area contributed by atoms with Crippen LogP contribution >= 0.6 is 0 Å². The van der Waals surface area contributed by atoms with Crippen molar-refractivity contribution in [2.45, 2.75) is 25.5 Å². The van der Waals surface area contributed by atoms with Gasteiger partial charge >= 0.3 is 11.6 Å². The summed E-state index contributed by atoms with van der Waals surface area (Å²) in [5.41, 5.74) is 2.01. The first-order chi connectivity index (χ1) is 16.8. The monoisotopic (exact) mass is 473 g/mol. The van der Waals surface area contributed by atoms with Crippen molar-refractivity contribution in [1.82, 2.24) is 5.32 Å². The highest BCUT2D eigenvalue weighted by Crippen LogP contribution is 2.29. The molecule has 1 amide bonds. The summed E-state index contributed by atoms with van der Waals surface area (Å²) in [6.07, 6.45) is -0.976. The molecule has 4 aromatic rings. The largest absolute Gasteiger partial charge is 0.508 e. The number of aliphatic carboxylic acids is 1. The molecule has 3 N–H and O–H groups in total. The van der Waals surface area contributed by atoms with Crippen LogP contribution in [0.2, 0.25) is 0 Å². The predicted molar refractivity (Wildman–Crippen MR) is 129 cm³/mol. The number of nitrogens with one attached hydrogen (secondary N) is 1. The minimum atomic E-state index is -1.19. The van der Waals surface area contributed by atoms with Gasteiger partial charge in [-0.3, -0.25) is 4.79 Å². The number of phenolic OH excluding ortho intramolecular Hbond substituents is 1. The Balaban J connectivity index is 1.50. The molecule has 0 fully saturated rings. The maximum Gasteiger partial charge on any atom is 0.336 e. The van der Waals surface area contributed by atoms with Gasteiger partial charge in [0.05, 0.1) is 0 Å². The van der Waals surface area contributed by atoms with Gasteiger partial charge in [0.25, 0.3) is 5.91 Å². The van der Waals surface area contributed by atoms with E-state index in [9.17, 15) is 24.6 Å². The van der Waals surface area contributed by atoms with Crippen molar-refractivity contribution in [3.8, 4) is 22.6 Å². The molecule has 0 saturated carbocycles. The summed E-state index contributed by atoms with van der Waals surface area (Å²) >= 11 is 0. The molecule has 0 bridgehead atoms. The molecule has 8 heteroatoms. The second-order valence-electron chi connectivity index (χ2n) is 8.03. The Labute approximate surface area is 200 Å². The van der Waals surface area contributed by atoms with Crippen molar-refractivity contribution in [1.29, 1.82) is 0 Å². The number of amides is 1. The number of fused-ring (bicyclic) bond motifs is 1. The summed E-state index contributed by atoms with van der Waals surface area (Å²) in [5.74, 6) is -1.46. The molecule has 0 radical (unpaired) electrons. The Morgan fingerprint density at radius 1 is 1.00 bits per heavy atom. The standard InChI is InChI=1S/C27H23NO7/c1-16(26(31)28-23(27(32)33)13-17-7-9-19(29)10-8-17)34-20-11-12-21-22(18-5-3-2-4-6-18)15-25(30)35-24(21)14-20/h2-12,14-16,23,29H,13H2,1H3,(H,28,31)(H,32,33). The normalized spacial score (nSPS) is 12.6. The minimum Gasteiger partial charge on any atom is -0.508 e. The number of benzene rings is 3. The average Bonchev–Trinajstić information content (AvgIpc) is 2.84. The highest BCUT2D eigenvalue weighted by molar-refractivity contribution is 5.94. The first-order valence-electron chi connectivity index (χ1n) is 10.9. The number of carbonyl (C=O) groups excluding carboxylic acids is 1. The maximum atomic E-state index is 12.7. The van der Waals surface area contributed by atoms with E-state index in [0.717, 1.165) is 5.56 Å². The third-order valence-corrected chi connectivity index (χ3v) is 5.47. The van der Waals surface area contributed by atoms with Gasteiger partial charge in [0, 0.05) is 23.9 Å². The number of aromatic hydroxyl groups is 1. The van der Waals surface area contributed by atoms with Gasteiger partial charge in [-0.2, -0.15) is 0 Å². The SMILES string of the molecule is CC(Oc1ccc2c(-c3ccccc3)cc(=O)oc2c1)C(=O)NC(Cc1ccc(O)cc1)C(=O)O. The molecule has 35 heavy (non-hydrogen) atoms. The highest BCUT2D eigenvalue weighted by Gasteiger charge is 2.24. The molecule has 0 saturated heterocycles. The molecule has 2 unspecified atom stereocenters. The number of hydrogen-bond acceptors (Lipinski definition) is 6. The van der Waals surface area contributed by atoms with Crippen molar-refractivity contribution in [2.75, 3.05) is 0 Å². The molecule has 1 heterocycles. The minimum absolute atomic E-state index is 0.0392. The second-order valence-corrected chi connectivity index (χ2v) is 8.03. The smallest absolute Gasteiger partial charge is 0.336 e. The van der Waals surface area contributed by atoms with Crippen LogP contribution in [-0.4, -0.2) is 34.2 Å². The first kappa shape index (κ1) is 23.6. The lowest BCUT2D eigenvalue weighted by molar-refractivity contribution is -0.142. The van der Waals surface area contributed by atoms with Gasteiger partial charge < -0.3 is 24.7 Å². The third kappa shape index (κ3) is 5.67. The van der Waals surface area contributed by atoms with Gasteiger partial charge in [0.15, 0.2) is 6.10 Å². The van der Waals surface area contributed by atoms with E-state index in [1.54, 1.807) is 24.3 Å². The molecule has 1 aromatic heterocycles. The van der Waals surface area contributed by atoms with Crippen LogP contribution in [0.1, 0.15) is 12.5 Å². The fraction of sp³-hybridized carbons (Fsp3) is 0.148. The van der Waals surface area contributed by atoms with Gasteiger partial charge in [0.1, 0.15) is 23.1 Å². The number of phenols is 1. The quantitative estimate of drug-likeness (QED) is 0.333. The number of carboxylic acids is 1. The van der Waals surface area contributed by atoms with Crippen LogP contribution in [0.4, 0.5) is 0 Å². The Kier molecular flexibility index (Phi) is 6.82. The molecular formula is C27H23NO7. The van der Waals surface area contributed by atoms with Crippen LogP contribution in [0.5, 0.6) is 11.5 Å². The van der Waals surface area contributed by atoms with Crippen LogP contribution in [0.3, 0.4) is 0 Å². The van der Waals surface area contributed by atoms with Crippen LogP contribution in [0.15, 0.2) is 88.1 Å². The number of rotatable bonds is 8. The lowest BCUT2D eigenvalue weighted by Crippen LogP contribution is -2.47. The zero-order valence-corrected chi connectivity index (χ0v) is 18.8. The molecule has 0 aliphatic heterocycles. The zero-order chi connectivity index (χ0) is 24.9. The second kappa shape index (κ2) is 10.1. The Bertz CT molecular complexity index is 1410. The lowest BCUT2D eigenvalue weighted by Gasteiger charge is -2.19. The third-order valence-electron chi connectivity index (χ3n) is 5.47.